The first kappa shape index (κ1) is 22.9. The first-order chi connectivity index (χ1) is 16.5. The molecule has 2 aromatic carbocycles. The van der Waals surface area contributed by atoms with Crippen LogP contribution in [0, 0.1) is 6.92 Å². The Labute approximate surface area is 208 Å². The molecule has 1 unspecified atom stereocenters. The van der Waals surface area contributed by atoms with E-state index >= 15 is 0 Å². The van der Waals surface area contributed by atoms with Crippen molar-refractivity contribution in [3.8, 4) is 5.75 Å². The molecular weight excluding hydrogens is 468 g/mol. The first-order valence-electron chi connectivity index (χ1n) is 11.6. The summed E-state index contributed by atoms with van der Waals surface area (Å²) in [5, 5.41) is 2.72. The van der Waals surface area contributed by atoms with Gasteiger partial charge in [-0.3, -0.25) is 9.59 Å². The molecular formula is C27H27ClN2O3S. The van der Waals surface area contributed by atoms with Crippen molar-refractivity contribution in [2.45, 2.75) is 38.3 Å². The highest BCUT2D eigenvalue weighted by molar-refractivity contribution is 7.10. The van der Waals surface area contributed by atoms with E-state index in [1.165, 1.54) is 10.4 Å². The zero-order chi connectivity index (χ0) is 23.7. The zero-order valence-electron chi connectivity index (χ0n) is 19.1. The van der Waals surface area contributed by atoms with E-state index in [2.05, 4.69) is 30.5 Å². The second kappa shape index (κ2) is 9.80. The van der Waals surface area contributed by atoms with Crippen LogP contribution in [0.4, 0.5) is 0 Å². The van der Waals surface area contributed by atoms with Crippen molar-refractivity contribution in [3.63, 3.8) is 0 Å². The number of carbonyl (C=O) groups excluding carboxylic acids is 2. The maximum atomic E-state index is 13.7. The molecule has 0 bridgehead atoms. The Morgan fingerprint density at radius 2 is 1.85 bits per heavy atom. The molecule has 34 heavy (non-hydrogen) atoms. The van der Waals surface area contributed by atoms with Crippen LogP contribution in [-0.2, 0) is 16.0 Å². The van der Waals surface area contributed by atoms with Gasteiger partial charge in [0.15, 0.2) is 6.61 Å². The number of thiophene rings is 1. The summed E-state index contributed by atoms with van der Waals surface area (Å²) in [6, 6.07) is 17.3. The first-order valence-corrected chi connectivity index (χ1v) is 12.9. The lowest BCUT2D eigenvalue weighted by Gasteiger charge is -2.38. The highest BCUT2D eigenvalue weighted by Crippen LogP contribution is 2.39. The number of ether oxygens (including phenoxy) is 1. The maximum Gasteiger partial charge on any atom is 0.261 e. The Kier molecular flexibility index (Phi) is 6.61. The topological polar surface area (TPSA) is 49.9 Å². The molecule has 0 saturated heterocycles. The van der Waals surface area contributed by atoms with E-state index in [1.807, 2.05) is 17.0 Å². The van der Waals surface area contributed by atoms with Gasteiger partial charge in [0.1, 0.15) is 12.3 Å². The number of hydrogen-bond donors (Lipinski definition) is 0. The molecule has 1 aromatic heterocycles. The molecule has 1 atom stereocenters. The summed E-state index contributed by atoms with van der Waals surface area (Å²) >= 11 is 7.68. The second-order valence-electron chi connectivity index (χ2n) is 8.89. The summed E-state index contributed by atoms with van der Waals surface area (Å²) in [6.45, 7) is 2.72. The molecule has 3 aromatic rings. The van der Waals surface area contributed by atoms with Gasteiger partial charge in [-0.25, -0.2) is 0 Å². The van der Waals surface area contributed by atoms with E-state index in [4.69, 9.17) is 16.3 Å². The Hall–Kier alpha value is -2.83. The van der Waals surface area contributed by atoms with Gasteiger partial charge in [-0.15, -0.1) is 11.3 Å². The standard InChI is InChI=1S/C27H27ClN2O3S/c1-18-4-2-3-5-22(18)27-23-13-15-34-24(23)12-14-29(27)25(31)16-30(20-8-9-20)26(32)17-33-21-10-6-19(28)7-11-21/h2-7,10-11,13,15,20,27H,8-9,12,14,16-17H2,1H3. The third-order valence-electron chi connectivity index (χ3n) is 6.56. The molecule has 0 spiro atoms. The number of nitrogens with zero attached hydrogens (tertiary/aromatic N) is 2. The maximum absolute atomic E-state index is 13.7. The van der Waals surface area contributed by atoms with Crippen LogP contribution in [0.25, 0.3) is 0 Å². The summed E-state index contributed by atoms with van der Waals surface area (Å²) in [4.78, 5) is 31.7. The summed E-state index contributed by atoms with van der Waals surface area (Å²) in [5.41, 5.74) is 3.51. The normalized spacial score (nSPS) is 17.2. The van der Waals surface area contributed by atoms with Crippen molar-refractivity contribution in [1.29, 1.82) is 0 Å². The number of hydrogen-bond acceptors (Lipinski definition) is 4. The van der Waals surface area contributed by atoms with Crippen LogP contribution < -0.4 is 4.74 Å². The predicted molar refractivity (Wildman–Crippen MR) is 134 cm³/mol. The molecule has 2 heterocycles. The van der Waals surface area contributed by atoms with E-state index in [-0.39, 0.29) is 37.0 Å². The van der Waals surface area contributed by atoms with Crippen molar-refractivity contribution in [2.75, 3.05) is 19.7 Å². The quantitative estimate of drug-likeness (QED) is 0.450. The van der Waals surface area contributed by atoms with Crippen molar-refractivity contribution < 1.29 is 14.3 Å². The SMILES string of the molecule is Cc1ccccc1C1c2ccsc2CCN1C(=O)CN(C(=O)COc1ccc(Cl)cc1)C1CC1. The minimum absolute atomic E-state index is 0.0168. The van der Waals surface area contributed by atoms with Gasteiger partial charge in [-0.1, -0.05) is 35.9 Å². The minimum atomic E-state index is -0.161. The molecule has 5 rings (SSSR count). The van der Waals surface area contributed by atoms with E-state index in [9.17, 15) is 9.59 Å². The van der Waals surface area contributed by atoms with Crippen LogP contribution in [0.15, 0.2) is 60.0 Å². The molecule has 1 saturated carbocycles. The lowest BCUT2D eigenvalue weighted by atomic mass is 9.90. The molecule has 0 radical (unpaired) electrons. The van der Waals surface area contributed by atoms with Crippen LogP contribution >= 0.6 is 22.9 Å². The largest absolute Gasteiger partial charge is 0.484 e. The van der Waals surface area contributed by atoms with E-state index in [0.717, 1.165) is 30.4 Å². The molecule has 2 aliphatic rings. The molecule has 5 nitrogen and oxygen atoms in total. The van der Waals surface area contributed by atoms with Gasteiger partial charge in [0.25, 0.3) is 5.91 Å². The van der Waals surface area contributed by atoms with Crippen molar-refractivity contribution >= 4 is 34.8 Å². The number of carbonyl (C=O) groups is 2. The van der Waals surface area contributed by atoms with Gasteiger partial charge in [-0.2, -0.15) is 0 Å². The fraction of sp³-hybridized carbons (Fsp3) is 0.333. The van der Waals surface area contributed by atoms with E-state index in [0.29, 0.717) is 17.3 Å². The number of amides is 2. The molecule has 7 heteroatoms. The Morgan fingerprint density at radius 1 is 1.09 bits per heavy atom. The van der Waals surface area contributed by atoms with Crippen LogP contribution in [0.2, 0.25) is 5.02 Å². The second-order valence-corrected chi connectivity index (χ2v) is 10.3. The lowest BCUT2D eigenvalue weighted by molar-refractivity contribution is -0.143. The number of benzene rings is 2. The smallest absolute Gasteiger partial charge is 0.261 e. The van der Waals surface area contributed by atoms with Crippen LogP contribution in [0.5, 0.6) is 5.75 Å². The van der Waals surface area contributed by atoms with Gasteiger partial charge in [-0.05, 0) is 78.6 Å². The van der Waals surface area contributed by atoms with Gasteiger partial charge in [0.2, 0.25) is 5.91 Å². The third kappa shape index (κ3) is 4.84. The average molecular weight is 495 g/mol. The van der Waals surface area contributed by atoms with Crippen molar-refractivity contribution in [2.24, 2.45) is 0 Å². The number of halogens is 1. The summed E-state index contributed by atoms with van der Waals surface area (Å²) in [5.74, 6) is 0.406. The third-order valence-corrected chi connectivity index (χ3v) is 7.81. The summed E-state index contributed by atoms with van der Waals surface area (Å²) in [6.07, 6.45) is 2.70. The highest BCUT2D eigenvalue weighted by atomic mass is 35.5. The van der Waals surface area contributed by atoms with Gasteiger partial charge < -0.3 is 14.5 Å². The molecule has 1 aliphatic heterocycles. The van der Waals surface area contributed by atoms with Gasteiger partial charge in [0.05, 0.1) is 6.04 Å². The summed E-state index contributed by atoms with van der Waals surface area (Å²) < 4.78 is 5.68. The monoisotopic (exact) mass is 494 g/mol. The van der Waals surface area contributed by atoms with Crippen molar-refractivity contribution in [1.82, 2.24) is 9.80 Å². The zero-order valence-corrected chi connectivity index (χ0v) is 20.6. The van der Waals surface area contributed by atoms with Gasteiger partial charge in [0, 0.05) is 22.5 Å². The van der Waals surface area contributed by atoms with Crippen LogP contribution in [-0.4, -0.2) is 47.4 Å². The lowest BCUT2D eigenvalue weighted by Crippen LogP contribution is -2.48. The molecule has 1 fully saturated rings. The Morgan fingerprint density at radius 3 is 2.59 bits per heavy atom. The summed E-state index contributed by atoms with van der Waals surface area (Å²) in [7, 11) is 0. The fourth-order valence-corrected chi connectivity index (χ4v) is 5.65. The average Bonchev–Trinajstić information content (AvgIpc) is 3.57. The Bertz CT molecular complexity index is 1190. The van der Waals surface area contributed by atoms with Crippen molar-refractivity contribution in [3.05, 3.63) is 86.6 Å². The van der Waals surface area contributed by atoms with Crippen LogP contribution in [0.1, 0.15) is 40.5 Å². The fourth-order valence-electron chi connectivity index (χ4n) is 4.62. The molecule has 1 aliphatic carbocycles. The van der Waals surface area contributed by atoms with E-state index in [1.54, 1.807) is 40.5 Å². The molecule has 2 amide bonds. The molecule has 0 N–H and O–H groups in total. The predicted octanol–water partition coefficient (Wildman–Crippen LogP) is 5.25. The Balaban J connectivity index is 1.33. The number of aryl methyl sites for hydroxylation is 1. The molecule has 176 valence electrons. The van der Waals surface area contributed by atoms with Gasteiger partial charge >= 0.3 is 0 Å². The highest BCUT2D eigenvalue weighted by Gasteiger charge is 2.38. The van der Waals surface area contributed by atoms with Crippen LogP contribution in [0.3, 0.4) is 0 Å². The van der Waals surface area contributed by atoms with E-state index < -0.39 is 0 Å². The minimum Gasteiger partial charge on any atom is -0.484 e. The number of rotatable bonds is 7. The number of fused-ring (bicyclic) bond motifs is 1.